The SMILES string of the molecule is C=CCCC(C(=C)N=C(C(=NCC)c1cccc(-c2ccccc2)c1)n1c2ccccc2c2c3ccccc3c3c4ccc(/C=C\C=C/C)cc4sc3c21)=C(C)C. The second kappa shape index (κ2) is 16.4. The van der Waals surface area contributed by atoms with E-state index in [2.05, 4.69) is 184 Å². The first-order chi connectivity index (χ1) is 27.9. The maximum Gasteiger partial charge on any atom is 0.164 e. The molecule has 0 N–H and O–H groups in total. The van der Waals surface area contributed by atoms with Gasteiger partial charge in [0, 0.05) is 38.4 Å². The van der Waals surface area contributed by atoms with E-state index in [4.69, 9.17) is 9.98 Å². The lowest BCUT2D eigenvalue weighted by Crippen LogP contribution is -2.25. The van der Waals surface area contributed by atoms with E-state index in [-0.39, 0.29) is 0 Å². The molecule has 3 nitrogen and oxygen atoms in total. The summed E-state index contributed by atoms with van der Waals surface area (Å²) in [6.07, 6.45) is 12.0. The molecule has 280 valence electrons. The van der Waals surface area contributed by atoms with Gasteiger partial charge >= 0.3 is 0 Å². The van der Waals surface area contributed by atoms with Crippen molar-refractivity contribution in [2.24, 2.45) is 9.98 Å². The molecule has 8 rings (SSSR count). The Balaban J connectivity index is 1.52. The van der Waals surface area contributed by atoms with Crippen LogP contribution in [0.5, 0.6) is 0 Å². The molecule has 0 unspecified atom stereocenters. The molecule has 0 radical (unpaired) electrons. The van der Waals surface area contributed by atoms with Gasteiger partial charge in [0.2, 0.25) is 0 Å². The second-order valence-corrected chi connectivity index (χ2v) is 15.6. The quantitative estimate of drug-likeness (QED) is 0.0544. The van der Waals surface area contributed by atoms with E-state index in [0.29, 0.717) is 6.54 Å². The van der Waals surface area contributed by atoms with Crippen molar-refractivity contribution in [1.29, 1.82) is 0 Å². The zero-order chi connectivity index (χ0) is 39.5. The number of benzene rings is 6. The number of nitrogens with zero attached hydrogens (tertiary/aromatic N) is 3. The molecule has 0 bridgehead atoms. The van der Waals surface area contributed by atoms with Crippen molar-refractivity contribution >= 4 is 81.7 Å². The smallest absolute Gasteiger partial charge is 0.164 e. The van der Waals surface area contributed by atoms with E-state index >= 15 is 0 Å². The molecule has 2 heterocycles. The van der Waals surface area contributed by atoms with Gasteiger partial charge in [0.15, 0.2) is 5.84 Å². The highest BCUT2D eigenvalue weighted by molar-refractivity contribution is 7.27. The summed E-state index contributed by atoms with van der Waals surface area (Å²) in [5.74, 6) is 0.764. The van der Waals surface area contributed by atoms with Gasteiger partial charge in [-0.25, -0.2) is 4.99 Å². The minimum absolute atomic E-state index is 0.588. The molecule has 8 aromatic rings. The topological polar surface area (TPSA) is 29.6 Å². The molecule has 0 aliphatic carbocycles. The Morgan fingerprint density at radius 3 is 2.21 bits per heavy atom. The van der Waals surface area contributed by atoms with Gasteiger partial charge in [-0.3, -0.25) is 9.56 Å². The Bertz CT molecular complexity index is 2990. The van der Waals surface area contributed by atoms with Crippen LogP contribution >= 0.6 is 11.3 Å². The normalized spacial score (nSPS) is 12.6. The number of hydrogen-bond donors (Lipinski definition) is 0. The Kier molecular flexibility index (Phi) is 10.8. The van der Waals surface area contributed by atoms with Crippen LogP contribution in [0, 0.1) is 0 Å². The third-order valence-electron chi connectivity index (χ3n) is 10.6. The molecule has 0 fully saturated rings. The van der Waals surface area contributed by atoms with E-state index in [1.807, 2.05) is 24.3 Å². The predicted octanol–water partition coefficient (Wildman–Crippen LogP) is 15.1. The summed E-state index contributed by atoms with van der Waals surface area (Å²) in [6, 6.07) is 43.8. The zero-order valence-electron chi connectivity index (χ0n) is 33.2. The number of allylic oxidation sites excluding steroid dienone is 6. The molecule has 6 aromatic carbocycles. The third-order valence-corrected chi connectivity index (χ3v) is 11.8. The molecule has 4 heteroatoms. The predicted molar refractivity (Wildman–Crippen MR) is 252 cm³/mol. The largest absolute Gasteiger partial charge is 0.290 e. The van der Waals surface area contributed by atoms with E-state index in [9.17, 15) is 0 Å². The average Bonchev–Trinajstić information content (AvgIpc) is 3.79. The fourth-order valence-electron chi connectivity index (χ4n) is 8.05. The lowest BCUT2D eigenvalue weighted by molar-refractivity contribution is 0.957. The first-order valence-electron chi connectivity index (χ1n) is 19.8. The Labute approximate surface area is 339 Å². The number of aromatic nitrogens is 1. The third kappa shape index (κ3) is 7.02. The molecule has 0 atom stereocenters. The molecule has 0 saturated heterocycles. The van der Waals surface area contributed by atoms with Gasteiger partial charge in [-0.15, -0.1) is 17.9 Å². The van der Waals surface area contributed by atoms with Crippen LogP contribution in [0.4, 0.5) is 0 Å². The van der Waals surface area contributed by atoms with Gasteiger partial charge in [-0.1, -0.05) is 146 Å². The number of rotatable bonds is 11. The van der Waals surface area contributed by atoms with Crippen molar-refractivity contribution in [3.05, 3.63) is 187 Å². The fourth-order valence-corrected chi connectivity index (χ4v) is 9.36. The summed E-state index contributed by atoms with van der Waals surface area (Å²) in [7, 11) is 0. The van der Waals surface area contributed by atoms with Crippen molar-refractivity contribution in [1.82, 2.24) is 4.57 Å². The van der Waals surface area contributed by atoms with E-state index in [1.54, 1.807) is 0 Å². The monoisotopic (exact) mass is 757 g/mol. The minimum atomic E-state index is 0.588. The number of para-hydroxylation sites is 1. The number of thiophene rings is 1. The molecule has 0 saturated carbocycles. The molecule has 0 amide bonds. The summed E-state index contributed by atoms with van der Waals surface area (Å²) < 4.78 is 4.87. The standard InChI is InChI=1S/C53H47N3S/c1-7-10-13-21-37-31-32-45-47(33-37)57-52-49(45)43-28-17-16-27-42(43)48-44-29-18-19-30-46(44)56(51(48)52)53(55-36(6)41(35(4)5)26-11-8-2)50(54-9-3)40-25-20-24-39(34-40)38-22-14-12-15-23-38/h7-8,10,12-25,27-34H,2,6,9,11,26H2,1,3-5H3/b10-7-,21-13-,54-50?,55-53?. The van der Waals surface area contributed by atoms with Gasteiger partial charge in [0.05, 0.1) is 21.4 Å². The highest BCUT2D eigenvalue weighted by Crippen LogP contribution is 2.47. The molecule has 57 heavy (non-hydrogen) atoms. The zero-order valence-corrected chi connectivity index (χ0v) is 34.0. The van der Waals surface area contributed by atoms with Gasteiger partial charge in [-0.05, 0) is 91.8 Å². The van der Waals surface area contributed by atoms with Crippen molar-refractivity contribution in [3.8, 4) is 11.1 Å². The number of hydrogen-bond acceptors (Lipinski definition) is 3. The highest BCUT2D eigenvalue weighted by atomic mass is 32.1. The van der Waals surface area contributed by atoms with Crippen LogP contribution in [-0.2, 0) is 0 Å². The van der Waals surface area contributed by atoms with Gasteiger partial charge in [-0.2, -0.15) is 0 Å². The fraction of sp³-hybridized carbons (Fsp3) is 0.132. The average molecular weight is 758 g/mol. The second-order valence-electron chi connectivity index (χ2n) is 14.5. The van der Waals surface area contributed by atoms with Gasteiger partial charge in [0.1, 0.15) is 5.71 Å². The van der Waals surface area contributed by atoms with E-state index in [0.717, 1.165) is 63.4 Å². The number of fused-ring (bicyclic) bond motifs is 10. The van der Waals surface area contributed by atoms with Crippen molar-refractivity contribution in [2.75, 3.05) is 6.54 Å². The van der Waals surface area contributed by atoms with Crippen LogP contribution in [0.2, 0.25) is 0 Å². The number of aliphatic imine (C=N–C) groups is 2. The first-order valence-corrected chi connectivity index (χ1v) is 20.6. The summed E-state index contributed by atoms with van der Waals surface area (Å²) in [5.41, 5.74) is 10.6. The molecule has 0 aliphatic heterocycles. The Hall–Kier alpha value is -6.36. The van der Waals surface area contributed by atoms with Gasteiger partial charge in [0.25, 0.3) is 0 Å². The van der Waals surface area contributed by atoms with Crippen LogP contribution in [0.1, 0.15) is 51.7 Å². The Morgan fingerprint density at radius 2 is 1.47 bits per heavy atom. The van der Waals surface area contributed by atoms with E-state index < -0.39 is 0 Å². The summed E-state index contributed by atoms with van der Waals surface area (Å²) in [6.45, 7) is 17.7. The van der Waals surface area contributed by atoms with Gasteiger partial charge < -0.3 is 0 Å². The molecule has 0 aliphatic rings. The van der Waals surface area contributed by atoms with Crippen molar-refractivity contribution in [2.45, 2.75) is 40.5 Å². The lowest BCUT2D eigenvalue weighted by Gasteiger charge is -2.18. The van der Waals surface area contributed by atoms with Crippen LogP contribution in [-0.4, -0.2) is 22.7 Å². The van der Waals surface area contributed by atoms with Crippen LogP contribution in [0.25, 0.3) is 70.0 Å². The van der Waals surface area contributed by atoms with Crippen LogP contribution in [0.15, 0.2) is 186 Å². The minimum Gasteiger partial charge on any atom is -0.290 e. The van der Waals surface area contributed by atoms with Crippen molar-refractivity contribution in [3.63, 3.8) is 0 Å². The van der Waals surface area contributed by atoms with Crippen LogP contribution in [0.3, 0.4) is 0 Å². The summed E-state index contributed by atoms with van der Waals surface area (Å²) in [5, 5.41) is 7.39. The van der Waals surface area contributed by atoms with Crippen LogP contribution < -0.4 is 0 Å². The molecular formula is C53H47N3S. The molecule has 2 aromatic heterocycles. The summed E-state index contributed by atoms with van der Waals surface area (Å²) in [4.78, 5) is 11.0. The molecule has 0 spiro atoms. The molecular weight excluding hydrogens is 711 g/mol. The lowest BCUT2D eigenvalue weighted by atomic mass is 9.98. The maximum absolute atomic E-state index is 5.64. The maximum atomic E-state index is 5.64. The van der Waals surface area contributed by atoms with Crippen molar-refractivity contribution < 1.29 is 0 Å². The summed E-state index contributed by atoms with van der Waals surface area (Å²) >= 11 is 1.86. The Morgan fingerprint density at radius 1 is 0.754 bits per heavy atom. The van der Waals surface area contributed by atoms with E-state index in [1.165, 1.54) is 52.9 Å². The highest BCUT2D eigenvalue weighted by Gasteiger charge is 2.26. The first kappa shape index (κ1) is 37.6.